The van der Waals surface area contributed by atoms with Gasteiger partial charge >= 0.3 is 5.97 Å². The van der Waals surface area contributed by atoms with E-state index in [4.69, 9.17) is 4.74 Å². The molecule has 0 fully saturated rings. The zero-order valence-electron chi connectivity index (χ0n) is 15.3. The first-order valence-electron chi connectivity index (χ1n) is 8.41. The van der Waals surface area contributed by atoms with E-state index in [-0.39, 0.29) is 18.3 Å². The summed E-state index contributed by atoms with van der Waals surface area (Å²) in [5.41, 5.74) is 1.71. The number of thioether (sulfide) groups is 1. The molecule has 0 spiro atoms. The van der Waals surface area contributed by atoms with Crippen LogP contribution in [0, 0.1) is 0 Å². The van der Waals surface area contributed by atoms with Crippen LogP contribution in [0.25, 0.3) is 0 Å². The summed E-state index contributed by atoms with van der Waals surface area (Å²) in [4.78, 5) is 27.1. The number of hydrogen-bond acceptors (Lipinski definition) is 5. The number of anilines is 2. The second-order valence-corrected chi connectivity index (χ2v) is 7.14. The molecular weight excluding hydrogens is 348 g/mol. The van der Waals surface area contributed by atoms with Crippen LogP contribution < -0.4 is 10.2 Å². The second kappa shape index (κ2) is 9.87. The van der Waals surface area contributed by atoms with Crippen molar-refractivity contribution in [2.24, 2.45) is 0 Å². The third-order valence-corrected chi connectivity index (χ3v) is 4.66. The largest absolute Gasteiger partial charge is 0.453 e. The molecule has 1 atom stereocenters. The van der Waals surface area contributed by atoms with Crippen LogP contribution in [0.1, 0.15) is 13.3 Å². The van der Waals surface area contributed by atoms with Crippen LogP contribution in [0.5, 0.6) is 0 Å². The lowest BCUT2D eigenvalue weighted by Gasteiger charge is -2.15. The highest BCUT2D eigenvalue weighted by atomic mass is 32.2. The molecule has 2 aromatic rings. The molecule has 0 aliphatic heterocycles. The minimum Gasteiger partial charge on any atom is -0.453 e. The van der Waals surface area contributed by atoms with E-state index in [9.17, 15) is 9.59 Å². The van der Waals surface area contributed by atoms with Gasteiger partial charge < -0.3 is 15.0 Å². The molecule has 0 saturated carbocycles. The lowest BCUT2D eigenvalue weighted by Crippen LogP contribution is -2.30. The number of nitrogens with zero attached hydrogens (tertiary/aromatic N) is 1. The van der Waals surface area contributed by atoms with Crippen LogP contribution in [-0.4, -0.2) is 37.8 Å². The van der Waals surface area contributed by atoms with Crippen LogP contribution in [0.15, 0.2) is 59.5 Å². The van der Waals surface area contributed by atoms with Gasteiger partial charge in [0.2, 0.25) is 0 Å². The maximum absolute atomic E-state index is 12.2. The number of benzene rings is 2. The second-order valence-electron chi connectivity index (χ2n) is 5.97. The summed E-state index contributed by atoms with van der Waals surface area (Å²) < 4.78 is 5.21. The van der Waals surface area contributed by atoms with Crippen molar-refractivity contribution in [3.63, 3.8) is 0 Å². The van der Waals surface area contributed by atoms with Crippen LogP contribution in [0.4, 0.5) is 11.4 Å². The van der Waals surface area contributed by atoms with Crippen molar-refractivity contribution in [1.29, 1.82) is 0 Å². The van der Waals surface area contributed by atoms with Crippen molar-refractivity contribution in [1.82, 2.24) is 0 Å². The van der Waals surface area contributed by atoms with Gasteiger partial charge in [-0.2, -0.15) is 0 Å². The summed E-state index contributed by atoms with van der Waals surface area (Å²) in [6, 6.07) is 17.3. The molecule has 138 valence electrons. The molecule has 0 bridgehead atoms. The van der Waals surface area contributed by atoms with Gasteiger partial charge in [0.05, 0.1) is 6.42 Å². The van der Waals surface area contributed by atoms with Crippen molar-refractivity contribution >= 4 is 35.0 Å². The molecule has 6 heteroatoms. The van der Waals surface area contributed by atoms with Crippen molar-refractivity contribution in [2.75, 3.05) is 30.1 Å². The van der Waals surface area contributed by atoms with Crippen molar-refractivity contribution in [2.45, 2.75) is 24.3 Å². The number of nitrogens with one attached hydrogen (secondary N) is 1. The minimum absolute atomic E-state index is 0.259. The molecule has 1 unspecified atom stereocenters. The number of carbonyl (C=O) groups excluding carboxylic acids is 2. The molecule has 1 amide bonds. The van der Waals surface area contributed by atoms with E-state index in [0.717, 1.165) is 10.6 Å². The Kier molecular flexibility index (Phi) is 7.53. The SMILES string of the molecule is CC(OC(=O)CCSc1ccccc1)C(=O)Nc1ccc(N(C)C)cc1. The molecule has 0 aromatic heterocycles. The van der Waals surface area contributed by atoms with Gasteiger partial charge in [-0.3, -0.25) is 9.59 Å². The topological polar surface area (TPSA) is 58.6 Å². The van der Waals surface area contributed by atoms with E-state index < -0.39 is 6.10 Å². The van der Waals surface area contributed by atoms with E-state index >= 15 is 0 Å². The number of ether oxygens (including phenoxy) is 1. The average Bonchev–Trinajstić information content (AvgIpc) is 2.63. The van der Waals surface area contributed by atoms with Crippen LogP contribution in [0.2, 0.25) is 0 Å². The number of rotatable bonds is 8. The third-order valence-electron chi connectivity index (χ3n) is 3.65. The molecule has 5 nitrogen and oxygen atoms in total. The van der Waals surface area contributed by atoms with Gasteiger partial charge in [-0.15, -0.1) is 11.8 Å². The molecule has 0 saturated heterocycles. The number of hydrogen-bond donors (Lipinski definition) is 1. The molecule has 0 aliphatic rings. The Morgan fingerprint density at radius 1 is 1.08 bits per heavy atom. The third kappa shape index (κ3) is 6.44. The first-order valence-corrected chi connectivity index (χ1v) is 9.40. The maximum atomic E-state index is 12.2. The summed E-state index contributed by atoms with van der Waals surface area (Å²) in [5, 5.41) is 2.76. The van der Waals surface area contributed by atoms with E-state index in [2.05, 4.69) is 5.32 Å². The molecule has 2 rings (SSSR count). The summed E-state index contributed by atoms with van der Waals surface area (Å²) in [5.74, 6) is -0.103. The van der Waals surface area contributed by atoms with Crippen LogP contribution >= 0.6 is 11.8 Å². The zero-order valence-corrected chi connectivity index (χ0v) is 16.1. The summed E-state index contributed by atoms with van der Waals surface area (Å²) in [6.45, 7) is 1.58. The Labute approximate surface area is 158 Å². The predicted molar refractivity (Wildman–Crippen MR) is 107 cm³/mol. The van der Waals surface area contributed by atoms with Gasteiger partial charge in [0, 0.05) is 36.1 Å². The summed E-state index contributed by atoms with van der Waals surface area (Å²) in [6.07, 6.45) is -0.577. The van der Waals surface area contributed by atoms with Crippen molar-refractivity contribution in [3.8, 4) is 0 Å². The van der Waals surface area contributed by atoms with Gasteiger partial charge in [0.25, 0.3) is 5.91 Å². The first-order chi connectivity index (χ1) is 12.5. The quantitative estimate of drug-likeness (QED) is 0.564. The van der Waals surface area contributed by atoms with E-state index in [1.807, 2.05) is 73.6 Å². The molecule has 26 heavy (non-hydrogen) atoms. The highest BCUT2D eigenvalue weighted by molar-refractivity contribution is 7.99. The fourth-order valence-electron chi connectivity index (χ4n) is 2.17. The Balaban J connectivity index is 1.74. The van der Waals surface area contributed by atoms with Gasteiger partial charge in [-0.25, -0.2) is 0 Å². The van der Waals surface area contributed by atoms with E-state index in [1.165, 1.54) is 0 Å². The molecule has 0 heterocycles. The average molecular weight is 372 g/mol. The lowest BCUT2D eigenvalue weighted by molar-refractivity contribution is -0.152. The van der Waals surface area contributed by atoms with Crippen molar-refractivity contribution in [3.05, 3.63) is 54.6 Å². The number of carbonyl (C=O) groups is 2. The van der Waals surface area contributed by atoms with Crippen LogP contribution in [-0.2, 0) is 14.3 Å². The zero-order chi connectivity index (χ0) is 18.9. The standard InChI is InChI=1S/C20H24N2O3S/c1-15(20(24)21-16-9-11-17(12-10-16)22(2)3)25-19(23)13-14-26-18-7-5-4-6-8-18/h4-12,15H,13-14H2,1-3H3,(H,21,24). The normalized spacial score (nSPS) is 11.5. The maximum Gasteiger partial charge on any atom is 0.307 e. The van der Waals surface area contributed by atoms with Gasteiger partial charge in [-0.1, -0.05) is 18.2 Å². The van der Waals surface area contributed by atoms with Crippen molar-refractivity contribution < 1.29 is 14.3 Å². The van der Waals surface area contributed by atoms with Crippen LogP contribution in [0.3, 0.4) is 0 Å². The van der Waals surface area contributed by atoms with Gasteiger partial charge in [0.15, 0.2) is 6.10 Å². The Morgan fingerprint density at radius 3 is 2.35 bits per heavy atom. The van der Waals surface area contributed by atoms with Gasteiger partial charge in [0.1, 0.15) is 0 Å². The molecule has 1 N–H and O–H groups in total. The predicted octanol–water partition coefficient (Wildman–Crippen LogP) is 3.81. The fourth-order valence-corrected chi connectivity index (χ4v) is 3.02. The molecule has 2 aromatic carbocycles. The Bertz CT molecular complexity index is 718. The van der Waals surface area contributed by atoms with E-state index in [1.54, 1.807) is 18.7 Å². The number of esters is 1. The molecular formula is C20H24N2O3S. The molecule has 0 aliphatic carbocycles. The summed E-state index contributed by atoms with van der Waals surface area (Å²) >= 11 is 1.59. The summed E-state index contributed by atoms with van der Waals surface area (Å²) in [7, 11) is 3.90. The minimum atomic E-state index is -0.835. The highest BCUT2D eigenvalue weighted by Crippen LogP contribution is 2.18. The fraction of sp³-hybridized carbons (Fsp3) is 0.300. The Hall–Kier alpha value is -2.47. The van der Waals surface area contributed by atoms with E-state index in [0.29, 0.717) is 11.4 Å². The molecule has 0 radical (unpaired) electrons. The first kappa shape index (κ1) is 19.8. The Morgan fingerprint density at radius 2 is 1.73 bits per heavy atom. The monoisotopic (exact) mass is 372 g/mol. The number of amides is 1. The lowest BCUT2D eigenvalue weighted by atomic mass is 10.2. The van der Waals surface area contributed by atoms with Gasteiger partial charge in [-0.05, 0) is 43.3 Å². The smallest absolute Gasteiger partial charge is 0.307 e. The highest BCUT2D eigenvalue weighted by Gasteiger charge is 2.17.